The number of nitriles is 1. The summed E-state index contributed by atoms with van der Waals surface area (Å²) in [7, 11) is 0. The number of aryl methyl sites for hydroxylation is 1. The molecule has 1 aromatic heterocycles. The highest BCUT2D eigenvalue weighted by atomic mass is 32.1. The number of amides is 2. The molecule has 28 heavy (non-hydrogen) atoms. The van der Waals surface area contributed by atoms with Crippen molar-refractivity contribution in [3.05, 3.63) is 51.4 Å². The molecular weight excluding hydrogens is 374 g/mol. The molecule has 0 bridgehead atoms. The van der Waals surface area contributed by atoms with E-state index in [1.54, 1.807) is 24.3 Å². The molecule has 0 aliphatic heterocycles. The Morgan fingerprint density at radius 3 is 2.71 bits per heavy atom. The summed E-state index contributed by atoms with van der Waals surface area (Å²) in [5, 5.41) is 12.5. The standard InChI is InChI=1S/C21H21N3O3S/c1-2-10-27-15-8-6-13(7-9-15)11-14(12-22)20(26)24-21-18(19(23)25)16-4-3-5-17(16)28-21/h6-9,11H,2-5,10H2,1H3,(H2,23,25)(H,24,26)/b14-11+. The van der Waals surface area contributed by atoms with Crippen molar-refractivity contribution in [1.82, 2.24) is 0 Å². The fourth-order valence-corrected chi connectivity index (χ4v) is 4.41. The van der Waals surface area contributed by atoms with E-state index in [2.05, 4.69) is 5.32 Å². The van der Waals surface area contributed by atoms with Crippen molar-refractivity contribution in [2.24, 2.45) is 5.73 Å². The van der Waals surface area contributed by atoms with Crippen LogP contribution in [-0.4, -0.2) is 18.4 Å². The van der Waals surface area contributed by atoms with Crippen molar-refractivity contribution in [1.29, 1.82) is 5.26 Å². The van der Waals surface area contributed by atoms with Crippen LogP contribution in [0.3, 0.4) is 0 Å². The number of nitrogens with two attached hydrogens (primary N) is 1. The van der Waals surface area contributed by atoms with Crippen LogP contribution in [0.4, 0.5) is 5.00 Å². The van der Waals surface area contributed by atoms with E-state index in [-0.39, 0.29) is 5.57 Å². The average molecular weight is 395 g/mol. The average Bonchev–Trinajstić information content (AvgIpc) is 3.25. The second-order valence-corrected chi connectivity index (χ2v) is 7.57. The van der Waals surface area contributed by atoms with Gasteiger partial charge in [-0.25, -0.2) is 0 Å². The Kier molecular flexibility index (Phi) is 6.12. The molecule has 6 nitrogen and oxygen atoms in total. The van der Waals surface area contributed by atoms with Gasteiger partial charge in [0.15, 0.2) is 0 Å². The Bertz CT molecular complexity index is 968. The van der Waals surface area contributed by atoms with Gasteiger partial charge >= 0.3 is 0 Å². The number of carbonyl (C=O) groups excluding carboxylic acids is 2. The van der Waals surface area contributed by atoms with E-state index < -0.39 is 11.8 Å². The van der Waals surface area contributed by atoms with Gasteiger partial charge in [0.05, 0.1) is 12.2 Å². The van der Waals surface area contributed by atoms with Gasteiger partial charge < -0.3 is 15.8 Å². The molecule has 1 aliphatic carbocycles. The quantitative estimate of drug-likeness (QED) is 0.551. The largest absolute Gasteiger partial charge is 0.494 e. The molecule has 3 N–H and O–H groups in total. The number of nitrogens with zero attached hydrogens (tertiary/aromatic N) is 1. The molecule has 1 aromatic carbocycles. The summed E-state index contributed by atoms with van der Waals surface area (Å²) in [6.07, 6.45) is 5.07. The van der Waals surface area contributed by atoms with Crippen molar-refractivity contribution in [3.63, 3.8) is 0 Å². The van der Waals surface area contributed by atoms with Crippen LogP contribution >= 0.6 is 11.3 Å². The second-order valence-electron chi connectivity index (χ2n) is 6.47. The van der Waals surface area contributed by atoms with E-state index in [9.17, 15) is 14.9 Å². The second kappa shape index (κ2) is 8.72. The summed E-state index contributed by atoms with van der Waals surface area (Å²) < 4.78 is 5.53. The van der Waals surface area contributed by atoms with Gasteiger partial charge in [-0.2, -0.15) is 5.26 Å². The Morgan fingerprint density at radius 2 is 2.07 bits per heavy atom. The molecule has 0 saturated heterocycles. The maximum absolute atomic E-state index is 12.6. The van der Waals surface area contributed by atoms with Crippen molar-refractivity contribution in [2.75, 3.05) is 11.9 Å². The fraction of sp³-hybridized carbons (Fsp3) is 0.286. The Hall–Kier alpha value is -3.11. The summed E-state index contributed by atoms with van der Waals surface area (Å²) in [6, 6.07) is 9.08. The van der Waals surface area contributed by atoms with Gasteiger partial charge in [-0.15, -0.1) is 11.3 Å². The molecule has 0 fully saturated rings. The van der Waals surface area contributed by atoms with E-state index in [4.69, 9.17) is 10.5 Å². The molecule has 2 aromatic rings. The third kappa shape index (κ3) is 4.24. The number of rotatable bonds is 7. The molecule has 1 aliphatic rings. The number of carbonyl (C=O) groups is 2. The molecule has 144 valence electrons. The van der Waals surface area contributed by atoms with Crippen molar-refractivity contribution in [2.45, 2.75) is 32.6 Å². The Labute approximate surface area is 167 Å². The minimum Gasteiger partial charge on any atom is -0.494 e. The lowest BCUT2D eigenvalue weighted by Crippen LogP contribution is -2.18. The predicted octanol–water partition coefficient (Wildman–Crippen LogP) is 3.67. The van der Waals surface area contributed by atoms with Crippen LogP contribution in [0.1, 0.15) is 46.1 Å². The van der Waals surface area contributed by atoms with E-state index in [1.165, 1.54) is 17.4 Å². The molecule has 2 amide bonds. The zero-order valence-corrected chi connectivity index (χ0v) is 16.4. The topological polar surface area (TPSA) is 105 Å². The summed E-state index contributed by atoms with van der Waals surface area (Å²) in [4.78, 5) is 25.5. The molecule has 0 radical (unpaired) electrons. The van der Waals surface area contributed by atoms with Crippen LogP contribution in [0.2, 0.25) is 0 Å². The van der Waals surface area contributed by atoms with Crippen LogP contribution in [0.15, 0.2) is 29.8 Å². The monoisotopic (exact) mass is 395 g/mol. The first kappa shape index (κ1) is 19.6. The van der Waals surface area contributed by atoms with Gasteiger partial charge in [-0.3, -0.25) is 9.59 Å². The Morgan fingerprint density at radius 1 is 1.32 bits per heavy atom. The lowest BCUT2D eigenvalue weighted by Gasteiger charge is -2.06. The predicted molar refractivity (Wildman–Crippen MR) is 109 cm³/mol. The number of ether oxygens (including phenoxy) is 1. The van der Waals surface area contributed by atoms with E-state index in [0.717, 1.165) is 41.9 Å². The van der Waals surface area contributed by atoms with Crippen molar-refractivity contribution >= 4 is 34.2 Å². The van der Waals surface area contributed by atoms with Gasteiger partial charge in [0.1, 0.15) is 22.4 Å². The molecular formula is C21H21N3O3S. The number of thiophene rings is 1. The SMILES string of the molecule is CCCOc1ccc(/C=C(\C#N)C(=O)Nc2sc3c(c2C(N)=O)CCC3)cc1. The van der Waals surface area contributed by atoms with Crippen LogP contribution in [0, 0.1) is 11.3 Å². The maximum atomic E-state index is 12.6. The zero-order valence-electron chi connectivity index (χ0n) is 15.6. The summed E-state index contributed by atoms with van der Waals surface area (Å²) in [5.41, 5.74) is 7.48. The molecule has 0 atom stereocenters. The number of nitrogens with one attached hydrogen (secondary N) is 1. The highest BCUT2D eigenvalue weighted by Crippen LogP contribution is 2.39. The van der Waals surface area contributed by atoms with Gasteiger partial charge in [-0.1, -0.05) is 19.1 Å². The smallest absolute Gasteiger partial charge is 0.266 e. The van der Waals surface area contributed by atoms with E-state index in [1.807, 2.05) is 13.0 Å². The van der Waals surface area contributed by atoms with Crippen LogP contribution < -0.4 is 15.8 Å². The number of hydrogen-bond donors (Lipinski definition) is 2. The van der Waals surface area contributed by atoms with Gasteiger partial charge in [-0.05, 0) is 55.0 Å². The molecule has 1 heterocycles. The first-order valence-electron chi connectivity index (χ1n) is 9.13. The molecule has 7 heteroatoms. The van der Waals surface area contributed by atoms with Crippen LogP contribution in [0.5, 0.6) is 5.75 Å². The normalized spacial score (nSPS) is 12.9. The van der Waals surface area contributed by atoms with E-state index >= 15 is 0 Å². The van der Waals surface area contributed by atoms with Gasteiger partial charge in [0, 0.05) is 4.88 Å². The van der Waals surface area contributed by atoms with Crippen LogP contribution in [-0.2, 0) is 17.6 Å². The molecule has 0 unspecified atom stereocenters. The summed E-state index contributed by atoms with van der Waals surface area (Å²) in [5.74, 6) is -0.378. The lowest BCUT2D eigenvalue weighted by atomic mass is 10.1. The molecule has 0 saturated carbocycles. The molecule has 0 spiro atoms. The van der Waals surface area contributed by atoms with Crippen molar-refractivity contribution < 1.29 is 14.3 Å². The number of anilines is 1. The number of hydrogen-bond acceptors (Lipinski definition) is 5. The number of benzene rings is 1. The third-order valence-electron chi connectivity index (χ3n) is 4.42. The van der Waals surface area contributed by atoms with Gasteiger partial charge in [0.25, 0.3) is 11.8 Å². The lowest BCUT2D eigenvalue weighted by molar-refractivity contribution is -0.112. The first-order chi connectivity index (χ1) is 13.5. The highest BCUT2D eigenvalue weighted by Gasteiger charge is 2.26. The minimum absolute atomic E-state index is 0.0498. The van der Waals surface area contributed by atoms with Crippen LogP contribution in [0.25, 0.3) is 6.08 Å². The van der Waals surface area contributed by atoms with Crippen molar-refractivity contribution in [3.8, 4) is 11.8 Å². The summed E-state index contributed by atoms with van der Waals surface area (Å²) in [6.45, 7) is 2.66. The Balaban J connectivity index is 1.78. The van der Waals surface area contributed by atoms with Gasteiger partial charge in [0.2, 0.25) is 0 Å². The fourth-order valence-electron chi connectivity index (χ4n) is 3.12. The maximum Gasteiger partial charge on any atom is 0.266 e. The third-order valence-corrected chi connectivity index (χ3v) is 5.63. The summed E-state index contributed by atoms with van der Waals surface area (Å²) >= 11 is 1.36. The molecule has 3 rings (SSSR count). The number of fused-ring (bicyclic) bond motifs is 1. The van der Waals surface area contributed by atoms with E-state index in [0.29, 0.717) is 22.7 Å². The minimum atomic E-state index is -0.559. The highest BCUT2D eigenvalue weighted by molar-refractivity contribution is 7.17. The zero-order chi connectivity index (χ0) is 20.1. The first-order valence-corrected chi connectivity index (χ1v) is 9.95. The number of primary amides is 1.